The van der Waals surface area contributed by atoms with E-state index in [4.69, 9.17) is 0 Å². The molecule has 0 amide bonds. The molecule has 0 aliphatic heterocycles. The summed E-state index contributed by atoms with van der Waals surface area (Å²) in [6, 6.07) is 2.58. The Hall–Kier alpha value is -1.27. The molecule has 0 aromatic rings. The molecule has 4 aliphatic rings. The van der Waals surface area contributed by atoms with Crippen LogP contribution < -0.4 is 5.32 Å². The van der Waals surface area contributed by atoms with Crippen molar-refractivity contribution in [3.63, 3.8) is 0 Å². The van der Waals surface area contributed by atoms with Crippen LogP contribution >= 0.6 is 0 Å². The Balaban J connectivity index is 1.57. The van der Waals surface area contributed by atoms with Crippen molar-refractivity contribution in [1.29, 1.82) is 5.26 Å². The molecule has 0 aromatic heterocycles. The SMILES string of the molecule is C=C/C(C#N)=C\NC(C)[C@H]1CC[C@H]2[C@]3(C)CC[C@@H]4C[C@](C)(O)CC[C@]4(C)[C@H]3CC[C@@]21C. The van der Waals surface area contributed by atoms with Crippen LogP contribution in [0, 0.1) is 51.2 Å². The van der Waals surface area contributed by atoms with E-state index < -0.39 is 5.60 Å². The Bertz CT molecular complexity index is 793. The van der Waals surface area contributed by atoms with Crippen molar-refractivity contribution in [1.82, 2.24) is 5.32 Å². The van der Waals surface area contributed by atoms with E-state index >= 15 is 0 Å². The Labute approximate surface area is 190 Å². The summed E-state index contributed by atoms with van der Waals surface area (Å²) in [6.07, 6.45) is 14.6. The quantitative estimate of drug-likeness (QED) is 0.408. The van der Waals surface area contributed by atoms with Gasteiger partial charge < -0.3 is 10.4 Å². The first kappa shape index (κ1) is 22.9. The summed E-state index contributed by atoms with van der Waals surface area (Å²) in [6.45, 7) is 15.9. The van der Waals surface area contributed by atoms with Crippen LogP contribution in [-0.4, -0.2) is 16.7 Å². The first-order valence-electron chi connectivity index (χ1n) is 12.7. The molecule has 4 saturated carbocycles. The fourth-order valence-corrected chi connectivity index (χ4v) is 9.45. The van der Waals surface area contributed by atoms with E-state index in [1.54, 1.807) is 6.08 Å². The molecule has 4 rings (SSSR count). The van der Waals surface area contributed by atoms with Crippen LogP contribution in [0.2, 0.25) is 0 Å². The van der Waals surface area contributed by atoms with Gasteiger partial charge in [0, 0.05) is 12.2 Å². The molecule has 0 saturated heterocycles. The van der Waals surface area contributed by atoms with Crippen molar-refractivity contribution in [2.45, 2.75) is 104 Å². The predicted octanol–water partition coefficient (Wildman–Crippen LogP) is 6.36. The summed E-state index contributed by atoms with van der Waals surface area (Å²) in [4.78, 5) is 0. The zero-order valence-corrected chi connectivity index (χ0v) is 20.5. The maximum atomic E-state index is 10.8. The highest BCUT2D eigenvalue weighted by molar-refractivity contribution is 5.30. The zero-order valence-electron chi connectivity index (χ0n) is 20.5. The van der Waals surface area contributed by atoms with Crippen LogP contribution in [0.15, 0.2) is 24.4 Å². The van der Waals surface area contributed by atoms with Crippen LogP contribution in [-0.2, 0) is 0 Å². The van der Waals surface area contributed by atoms with Crippen molar-refractivity contribution in [2.75, 3.05) is 0 Å². The van der Waals surface area contributed by atoms with Gasteiger partial charge in [0.15, 0.2) is 0 Å². The number of rotatable bonds is 4. The van der Waals surface area contributed by atoms with E-state index in [0.29, 0.717) is 39.7 Å². The number of nitrogens with one attached hydrogen (secondary N) is 1. The number of hydrogen-bond donors (Lipinski definition) is 2. The summed E-state index contributed by atoms with van der Waals surface area (Å²) < 4.78 is 0. The van der Waals surface area contributed by atoms with Gasteiger partial charge in [-0.25, -0.2) is 0 Å². The minimum Gasteiger partial charge on any atom is -0.390 e. The van der Waals surface area contributed by atoms with Crippen molar-refractivity contribution >= 4 is 0 Å². The molecule has 3 heteroatoms. The molecular weight excluding hydrogens is 380 g/mol. The monoisotopic (exact) mass is 424 g/mol. The molecule has 9 atom stereocenters. The number of nitriles is 1. The second-order valence-electron chi connectivity index (χ2n) is 12.7. The van der Waals surface area contributed by atoms with E-state index in [1.807, 2.05) is 6.20 Å². The van der Waals surface area contributed by atoms with Gasteiger partial charge >= 0.3 is 0 Å². The van der Waals surface area contributed by atoms with Gasteiger partial charge in [-0.1, -0.05) is 33.4 Å². The molecule has 31 heavy (non-hydrogen) atoms. The van der Waals surface area contributed by atoms with E-state index in [9.17, 15) is 10.4 Å². The lowest BCUT2D eigenvalue weighted by atomic mass is 9.39. The van der Waals surface area contributed by atoms with Crippen molar-refractivity contribution in [2.24, 2.45) is 39.9 Å². The predicted molar refractivity (Wildman–Crippen MR) is 127 cm³/mol. The molecule has 0 spiro atoms. The van der Waals surface area contributed by atoms with Crippen molar-refractivity contribution in [3.05, 3.63) is 24.4 Å². The summed E-state index contributed by atoms with van der Waals surface area (Å²) in [5.41, 5.74) is 1.34. The molecule has 0 heterocycles. The number of allylic oxidation sites excluding steroid dienone is 2. The van der Waals surface area contributed by atoms with Gasteiger partial charge in [0.1, 0.15) is 6.07 Å². The fourth-order valence-electron chi connectivity index (χ4n) is 9.45. The highest BCUT2D eigenvalue weighted by Gasteiger charge is 2.65. The first-order valence-corrected chi connectivity index (χ1v) is 12.7. The number of aliphatic hydroxyl groups is 1. The fraction of sp³-hybridized carbons (Fsp3) is 0.821. The minimum absolute atomic E-state index is 0.371. The van der Waals surface area contributed by atoms with Crippen molar-refractivity contribution in [3.8, 4) is 6.07 Å². The highest BCUT2D eigenvalue weighted by atomic mass is 16.3. The Morgan fingerprint density at radius 3 is 2.35 bits per heavy atom. The van der Waals surface area contributed by atoms with Crippen LogP contribution in [0.4, 0.5) is 0 Å². The Morgan fingerprint density at radius 2 is 1.68 bits per heavy atom. The lowest BCUT2D eigenvalue weighted by Crippen LogP contribution is -2.60. The van der Waals surface area contributed by atoms with E-state index in [0.717, 1.165) is 24.7 Å². The topological polar surface area (TPSA) is 56.0 Å². The molecule has 2 N–H and O–H groups in total. The molecule has 1 unspecified atom stereocenters. The maximum Gasteiger partial charge on any atom is 0.101 e. The summed E-state index contributed by atoms with van der Waals surface area (Å²) >= 11 is 0. The molecule has 4 aliphatic carbocycles. The molecule has 4 fully saturated rings. The number of fused-ring (bicyclic) bond motifs is 5. The smallest absolute Gasteiger partial charge is 0.101 e. The minimum atomic E-state index is -0.456. The van der Waals surface area contributed by atoms with Gasteiger partial charge in [-0.2, -0.15) is 5.26 Å². The average Bonchev–Trinajstić information content (AvgIpc) is 3.08. The van der Waals surface area contributed by atoms with E-state index in [2.05, 4.69) is 52.6 Å². The summed E-state index contributed by atoms with van der Waals surface area (Å²) in [5.74, 6) is 2.91. The van der Waals surface area contributed by atoms with Crippen LogP contribution in [0.5, 0.6) is 0 Å². The molecule has 0 aromatic carbocycles. The molecule has 172 valence electrons. The number of hydrogen-bond acceptors (Lipinski definition) is 3. The second kappa shape index (κ2) is 7.65. The third kappa shape index (κ3) is 3.49. The standard InChI is InChI=1S/C28H44N2O/c1-7-20(17-29)18-30-19(2)22-8-9-23-27(22,5)13-11-24-26(4)15-14-25(3,31)16-21(26)10-12-28(23,24)6/h7,18-19,21-24,30-31H,1,8-16H2,2-6H3/b20-18+/t19?,21-,22-,23-,24-,25-,26+,27-,28+/m1/s1. The molecule has 0 radical (unpaired) electrons. The normalized spacial score (nSPS) is 50.4. The Kier molecular flexibility index (Phi) is 5.65. The third-order valence-electron chi connectivity index (χ3n) is 11.1. The zero-order chi connectivity index (χ0) is 22.7. The van der Waals surface area contributed by atoms with Crippen LogP contribution in [0.3, 0.4) is 0 Å². The van der Waals surface area contributed by atoms with Gasteiger partial charge in [-0.15, -0.1) is 0 Å². The maximum absolute atomic E-state index is 10.8. The molecule has 0 bridgehead atoms. The third-order valence-corrected chi connectivity index (χ3v) is 11.1. The van der Waals surface area contributed by atoms with Gasteiger partial charge in [0.2, 0.25) is 0 Å². The molecular formula is C28H44N2O. The lowest BCUT2D eigenvalue weighted by molar-refractivity contribution is -0.186. The Morgan fingerprint density at radius 1 is 1.00 bits per heavy atom. The van der Waals surface area contributed by atoms with Gasteiger partial charge in [0.05, 0.1) is 11.2 Å². The van der Waals surface area contributed by atoms with Gasteiger partial charge in [-0.05, 0) is 112 Å². The molecule has 3 nitrogen and oxygen atoms in total. The van der Waals surface area contributed by atoms with Crippen LogP contribution in [0.25, 0.3) is 0 Å². The second-order valence-corrected chi connectivity index (χ2v) is 12.7. The largest absolute Gasteiger partial charge is 0.390 e. The van der Waals surface area contributed by atoms with Gasteiger partial charge in [0.25, 0.3) is 0 Å². The summed E-state index contributed by atoms with van der Waals surface area (Å²) in [7, 11) is 0. The van der Waals surface area contributed by atoms with Gasteiger partial charge in [-0.3, -0.25) is 0 Å². The number of nitrogens with zero attached hydrogens (tertiary/aromatic N) is 1. The van der Waals surface area contributed by atoms with Crippen molar-refractivity contribution < 1.29 is 5.11 Å². The van der Waals surface area contributed by atoms with E-state index in [1.165, 1.54) is 44.9 Å². The highest BCUT2D eigenvalue weighted by Crippen LogP contribution is 2.72. The van der Waals surface area contributed by atoms with Crippen LogP contribution in [0.1, 0.15) is 92.4 Å². The lowest BCUT2D eigenvalue weighted by Gasteiger charge is -2.66. The average molecular weight is 425 g/mol. The summed E-state index contributed by atoms with van der Waals surface area (Å²) in [5, 5.41) is 23.5. The first-order chi connectivity index (χ1) is 14.5. The van der Waals surface area contributed by atoms with E-state index in [-0.39, 0.29) is 0 Å².